The zero-order valence-corrected chi connectivity index (χ0v) is 9.23. The number of carbonyl (C=O) groups excluding carboxylic acids is 3. The van der Waals surface area contributed by atoms with Crippen molar-refractivity contribution in [1.82, 2.24) is 15.1 Å². The molecular formula is C10H15N3O3. The number of hydrogen-bond donors (Lipinski definition) is 1. The lowest BCUT2D eigenvalue weighted by Crippen LogP contribution is -2.51. The maximum absolute atomic E-state index is 12.0. The molecule has 0 aromatic rings. The highest BCUT2D eigenvalue weighted by Crippen LogP contribution is 2.18. The van der Waals surface area contributed by atoms with Crippen molar-refractivity contribution >= 4 is 17.7 Å². The standard InChI is InChI=1S/C10H15N3O3/c1-12-5-7(4-9(12)15)10(16)13-3-2-11-8(14)6-13/h7H,2-6H2,1H3,(H,11,14). The van der Waals surface area contributed by atoms with Crippen LogP contribution in [0.1, 0.15) is 6.42 Å². The van der Waals surface area contributed by atoms with E-state index in [1.54, 1.807) is 11.9 Å². The summed E-state index contributed by atoms with van der Waals surface area (Å²) in [5.74, 6) is -0.479. The number of carbonyl (C=O) groups is 3. The third kappa shape index (κ3) is 2.00. The fourth-order valence-electron chi connectivity index (χ4n) is 2.11. The maximum atomic E-state index is 12.0. The predicted molar refractivity (Wildman–Crippen MR) is 55.3 cm³/mol. The molecule has 6 nitrogen and oxygen atoms in total. The largest absolute Gasteiger partial charge is 0.353 e. The second kappa shape index (κ2) is 4.11. The second-order valence-corrected chi connectivity index (χ2v) is 4.29. The summed E-state index contributed by atoms with van der Waals surface area (Å²) >= 11 is 0. The fourth-order valence-corrected chi connectivity index (χ4v) is 2.11. The van der Waals surface area contributed by atoms with E-state index in [0.29, 0.717) is 19.6 Å². The van der Waals surface area contributed by atoms with Crippen molar-refractivity contribution in [1.29, 1.82) is 0 Å². The van der Waals surface area contributed by atoms with Crippen LogP contribution in [0.5, 0.6) is 0 Å². The summed E-state index contributed by atoms with van der Waals surface area (Å²) in [5.41, 5.74) is 0. The van der Waals surface area contributed by atoms with Gasteiger partial charge in [0.05, 0.1) is 12.5 Å². The Labute approximate surface area is 93.6 Å². The molecule has 1 N–H and O–H groups in total. The summed E-state index contributed by atoms with van der Waals surface area (Å²) < 4.78 is 0. The average Bonchev–Trinajstić information content (AvgIpc) is 2.58. The minimum Gasteiger partial charge on any atom is -0.353 e. The highest BCUT2D eigenvalue weighted by atomic mass is 16.2. The van der Waals surface area contributed by atoms with Gasteiger partial charge in [-0.1, -0.05) is 0 Å². The van der Waals surface area contributed by atoms with Gasteiger partial charge in [-0.15, -0.1) is 0 Å². The SMILES string of the molecule is CN1CC(C(=O)N2CCNC(=O)C2)CC1=O. The lowest BCUT2D eigenvalue weighted by Gasteiger charge is -2.28. The van der Waals surface area contributed by atoms with Crippen molar-refractivity contribution in [3.63, 3.8) is 0 Å². The molecule has 1 unspecified atom stereocenters. The van der Waals surface area contributed by atoms with Gasteiger partial charge in [0.25, 0.3) is 0 Å². The summed E-state index contributed by atoms with van der Waals surface area (Å²) in [5, 5.41) is 2.66. The molecule has 2 aliphatic rings. The van der Waals surface area contributed by atoms with E-state index in [1.165, 1.54) is 4.90 Å². The number of hydrogen-bond acceptors (Lipinski definition) is 3. The van der Waals surface area contributed by atoms with Gasteiger partial charge in [0.1, 0.15) is 0 Å². The molecule has 3 amide bonds. The minimum absolute atomic E-state index is 0.000175. The highest BCUT2D eigenvalue weighted by Gasteiger charge is 2.35. The molecule has 0 bridgehead atoms. The molecule has 2 heterocycles. The van der Waals surface area contributed by atoms with Crippen molar-refractivity contribution in [3.05, 3.63) is 0 Å². The topological polar surface area (TPSA) is 69.7 Å². The van der Waals surface area contributed by atoms with E-state index in [9.17, 15) is 14.4 Å². The molecule has 0 spiro atoms. The van der Waals surface area contributed by atoms with E-state index in [2.05, 4.69) is 5.32 Å². The Morgan fingerprint density at radius 1 is 1.44 bits per heavy atom. The lowest BCUT2D eigenvalue weighted by molar-refractivity contribution is -0.141. The van der Waals surface area contributed by atoms with Crippen LogP contribution < -0.4 is 5.32 Å². The van der Waals surface area contributed by atoms with E-state index < -0.39 is 0 Å². The molecule has 6 heteroatoms. The monoisotopic (exact) mass is 225 g/mol. The Kier molecular flexibility index (Phi) is 2.80. The normalized spacial score (nSPS) is 25.9. The van der Waals surface area contributed by atoms with Gasteiger partial charge in [0.15, 0.2) is 0 Å². The highest BCUT2D eigenvalue weighted by molar-refractivity contribution is 5.91. The molecular weight excluding hydrogens is 210 g/mol. The Hall–Kier alpha value is -1.59. The van der Waals surface area contributed by atoms with Crippen LogP contribution in [-0.2, 0) is 14.4 Å². The Morgan fingerprint density at radius 2 is 2.19 bits per heavy atom. The molecule has 16 heavy (non-hydrogen) atoms. The Morgan fingerprint density at radius 3 is 2.75 bits per heavy atom. The van der Waals surface area contributed by atoms with Crippen LogP contribution in [0.25, 0.3) is 0 Å². The number of piperazine rings is 1. The first kappa shape index (κ1) is 10.9. The maximum Gasteiger partial charge on any atom is 0.239 e. The molecule has 88 valence electrons. The van der Waals surface area contributed by atoms with E-state index >= 15 is 0 Å². The molecule has 2 saturated heterocycles. The third-order valence-electron chi connectivity index (χ3n) is 3.04. The third-order valence-corrected chi connectivity index (χ3v) is 3.04. The van der Waals surface area contributed by atoms with E-state index in [1.807, 2.05) is 0 Å². The Bertz CT molecular complexity index is 336. The lowest BCUT2D eigenvalue weighted by atomic mass is 10.1. The van der Waals surface area contributed by atoms with Crippen molar-refractivity contribution in [2.75, 3.05) is 33.2 Å². The quantitative estimate of drug-likeness (QED) is 0.585. The second-order valence-electron chi connectivity index (χ2n) is 4.29. The predicted octanol–water partition coefficient (Wildman–Crippen LogP) is -1.58. The van der Waals surface area contributed by atoms with Crippen LogP contribution in [-0.4, -0.2) is 60.7 Å². The van der Waals surface area contributed by atoms with Crippen molar-refractivity contribution in [2.24, 2.45) is 5.92 Å². The molecule has 2 rings (SSSR count). The fraction of sp³-hybridized carbons (Fsp3) is 0.700. The smallest absolute Gasteiger partial charge is 0.239 e. The van der Waals surface area contributed by atoms with Gasteiger partial charge in [0, 0.05) is 33.1 Å². The van der Waals surface area contributed by atoms with E-state index in [4.69, 9.17) is 0 Å². The molecule has 0 aliphatic carbocycles. The van der Waals surface area contributed by atoms with Gasteiger partial charge in [-0.25, -0.2) is 0 Å². The molecule has 0 saturated carbocycles. The molecule has 0 aromatic carbocycles. The van der Waals surface area contributed by atoms with E-state index in [0.717, 1.165) is 0 Å². The number of rotatable bonds is 1. The van der Waals surface area contributed by atoms with Crippen LogP contribution >= 0.6 is 0 Å². The average molecular weight is 225 g/mol. The zero-order valence-electron chi connectivity index (χ0n) is 9.23. The molecule has 2 fully saturated rings. The number of likely N-dealkylation sites (tertiary alicyclic amines) is 1. The van der Waals surface area contributed by atoms with Gasteiger partial charge in [-0.2, -0.15) is 0 Å². The summed E-state index contributed by atoms with van der Waals surface area (Å²) in [6, 6.07) is 0. The summed E-state index contributed by atoms with van der Waals surface area (Å²) in [4.78, 5) is 37.6. The van der Waals surface area contributed by atoms with Crippen molar-refractivity contribution in [3.8, 4) is 0 Å². The van der Waals surface area contributed by atoms with Crippen LogP contribution in [0.4, 0.5) is 0 Å². The van der Waals surface area contributed by atoms with Gasteiger partial charge in [-0.3, -0.25) is 14.4 Å². The number of amides is 3. The van der Waals surface area contributed by atoms with Crippen LogP contribution in [0.15, 0.2) is 0 Å². The summed E-state index contributed by atoms with van der Waals surface area (Å²) in [6.45, 7) is 1.63. The molecule has 0 radical (unpaired) electrons. The first-order valence-corrected chi connectivity index (χ1v) is 5.37. The number of nitrogens with one attached hydrogen (secondary N) is 1. The van der Waals surface area contributed by atoms with Crippen LogP contribution in [0.3, 0.4) is 0 Å². The Balaban J connectivity index is 1.97. The van der Waals surface area contributed by atoms with Crippen molar-refractivity contribution < 1.29 is 14.4 Å². The first-order chi connectivity index (χ1) is 7.58. The zero-order chi connectivity index (χ0) is 11.7. The van der Waals surface area contributed by atoms with Gasteiger partial charge in [-0.05, 0) is 0 Å². The molecule has 1 atom stereocenters. The van der Waals surface area contributed by atoms with Gasteiger partial charge >= 0.3 is 0 Å². The molecule has 0 aromatic heterocycles. The van der Waals surface area contributed by atoms with E-state index in [-0.39, 0.29) is 36.6 Å². The van der Waals surface area contributed by atoms with Crippen LogP contribution in [0, 0.1) is 5.92 Å². The van der Waals surface area contributed by atoms with Crippen molar-refractivity contribution in [2.45, 2.75) is 6.42 Å². The van der Waals surface area contributed by atoms with Gasteiger partial charge in [0.2, 0.25) is 17.7 Å². The summed E-state index contributed by atoms with van der Waals surface area (Å²) in [7, 11) is 1.69. The molecule has 2 aliphatic heterocycles. The minimum atomic E-state index is -0.275. The van der Waals surface area contributed by atoms with Gasteiger partial charge < -0.3 is 15.1 Å². The first-order valence-electron chi connectivity index (χ1n) is 5.37. The number of nitrogens with zero attached hydrogens (tertiary/aromatic N) is 2. The van der Waals surface area contributed by atoms with Crippen LogP contribution in [0.2, 0.25) is 0 Å². The summed E-state index contributed by atoms with van der Waals surface area (Å²) in [6.07, 6.45) is 0.271.